The highest BCUT2D eigenvalue weighted by molar-refractivity contribution is 9.10. The summed E-state index contributed by atoms with van der Waals surface area (Å²) in [4.78, 5) is 0. The number of anilines is 1. The third-order valence-corrected chi connectivity index (χ3v) is 4.05. The summed E-state index contributed by atoms with van der Waals surface area (Å²) in [6.45, 7) is 2.28. The van der Waals surface area contributed by atoms with Crippen LogP contribution >= 0.6 is 15.9 Å². The number of hydrogen-bond acceptors (Lipinski definition) is 2. The Kier molecular flexibility index (Phi) is 2.25. The first-order valence-electron chi connectivity index (χ1n) is 5.55. The topological polar surface area (TPSA) is 24.1 Å². The van der Waals surface area contributed by atoms with Crippen LogP contribution < -0.4 is 10.6 Å². The molecule has 0 radical (unpaired) electrons. The van der Waals surface area contributed by atoms with Crippen LogP contribution in [0.25, 0.3) is 0 Å². The Balaban J connectivity index is 1.90. The predicted octanol–water partition coefficient (Wildman–Crippen LogP) is 2.54. The molecular weight excluding hydrogens is 252 g/mol. The van der Waals surface area contributed by atoms with Crippen LogP contribution in [0.3, 0.4) is 0 Å². The average Bonchev–Trinajstić information content (AvgIpc) is 2.56. The van der Waals surface area contributed by atoms with Gasteiger partial charge in [-0.25, -0.2) is 0 Å². The summed E-state index contributed by atoms with van der Waals surface area (Å²) >= 11 is 3.54. The molecule has 1 spiro atoms. The fraction of sp³-hybridized carbons (Fsp3) is 0.500. The average molecular weight is 267 g/mol. The first kappa shape index (κ1) is 9.67. The number of piperidine rings is 1. The molecule has 2 aliphatic heterocycles. The Morgan fingerprint density at radius 2 is 2.00 bits per heavy atom. The predicted molar refractivity (Wildman–Crippen MR) is 66.3 cm³/mol. The standard InChI is InChI=1S/C12H15BrN2/c13-10-1-2-11-9(7-10)8-12(15-11)3-5-14-6-4-12/h1-2,7,14-15H,3-6,8H2. The SMILES string of the molecule is Brc1ccc2c(c1)CC1(CCNCC1)N2. The van der Waals surface area contributed by atoms with Gasteiger partial charge in [0.2, 0.25) is 0 Å². The zero-order valence-electron chi connectivity index (χ0n) is 8.65. The van der Waals surface area contributed by atoms with Gasteiger partial charge in [0.15, 0.2) is 0 Å². The summed E-state index contributed by atoms with van der Waals surface area (Å²) in [5.74, 6) is 0. The normalized spacial score (nSPS) is 22.5. The van der Waals surface area contributed by atoms with Crippen molar-refractivity contribution in [3.8, 4) is 0 Å². The number of fused-ring (bicyclic) bond motifs is 1. The van der Waals surface area contributed by atoms with Crippen molar-refractivity contribution in [2.75, 3.05) is 18.4 Å². The molecule has 2 N–H and O–H groups in total. The van der Waals surface area contributed by atoms with E-state index < -0.39 is 0 Å². The first-order valence-corrected chi connectivity index (χ1v) is 6.34. The first-order chi connectivity index (χ1) is 7.27. The molecule has 1 saturated heterocycles. The number of rotatable bonds is 0. The fourth-order valence-electron chi connectivity index (χ4n) is 2.73. The molecule has 0 saturated carbocycles. The second-order valence-electron chi connectivity index (χ2n) is 4.63. The molecule has 0 bridgehead atoms. The van der Waals surface area contributed by atoms with Gasteiger partial charge in [-0.05, 0) is 56.1 Å². The van der Waals surface area contributed by atoms with Gasteiger partial charge in [-0.2, -0.15) is 0 Å². The van der Waals surface area contributed by atoms with Gasteiger partial charge in [0.25, 0.3) is 0 Å². The molecule has 0 aromatic heterocycles. The highest BCUT2D eigenvalue weighted by atomic mass is 79.9. The minimum Gasteiger partial charge on any atom is -0.379 e. The Morgan fingerprint density at radius 3 is 2.80 bits per heavy atom. The maximum Gasteiger partial charge on any atom is 0.0439 e. The zero-order chi connectivity index (χ0) is 10.3. The van der Waals surface area contributed by atoms with Gasteiger partial charge in [-0.3, -0.25) is 0 Å². The van der Waals surface area contributed by atoms with Crippen molar-refractivity contribution >= 4 is 21.6 Å². The van der Waals surface area contributed by atoms with Gasteiger partial charge >= 0.3 is 0 Å². The molecule has 3 rings (SSSR count). The highest BCUT2D eigenvalue weighted by Gasteiger charge is 2.37. The molecule has 2 nitrogen and oxygen atoms in total. The largest absolute Gasteiger partial charge is 0.379 e. The molecule has 2 aliphatic rings. The van der Waals surface area contributed by atoms with Crippen LogP contribution in [0, 0.1) is 0 Å². The molecule has 0 aliphatic carbocycles. The van der Waals surface area contributed by atoms with Gasteiger partial charge in [-0.1, -0.05) is 15.9 Å². The fourth-order valence-corrected chi connectivity index (χ4v) is 3.14. The smallest absolute Gasteiger partial charge is 0.0439 e. The summed E-state index contributed by atoms with van der Waals surface area (Å²) in [6, 6.07) is 6.56. The Hall–Kier alpha value is -0.540. The van der Waals surface area contributed by atoms with E-state index in [0.717, 1.165) is 13.1 Å². The van der Waals surface area contributed by atoms with Crippen LogP contribution in [0.5, 0.6) is 0 Å². The lowest BCUT2D eigenvalue weighted by Crippen LogP contribution is -2.46. The minimum absolute atomic E-state index is 0.342. The maximum absolute atomic E-state index is 3.72. The van der Waals surface area contributed by atoms with Crippen LogP contribution in [0.15, 0.2) is 22.7 Å². The van der Waals surface area contributed by atoms with E-state index in [9.17, 15) is 0 Å². The molecule has 1 aromatic rings. The van der Waals surface area contributed by atoms with E-state index in [4.69, 9.17) is 0 Å². The summed E-state index contributed by atoms with van der Waals surface area (Å²) in [7, 11) is 0. The van der Waals surface area contributed by atoms with Crippen LogP contribution in [0.1, 0.15) is 18.4 Å². The molecular formula is C12H15BrN2. The van der Waals surface area contributed by atoms with Crippen LogP contribution in [0.4, 0.5) is 5.69 Å². The van der Waals surface area contributed by atoms with Crippen molar-refractivity contribution in [1.82, 2.24) is 5.32 Å². The van der Waals surface area contributed by atoms with Crippen LogP contribution in [0.2, 0.25) is 0 Å². The van der Waals surface area contributed by atoms with E-state index in [-0.39, 0.29) is 0 Å². The van der Waals surface area contributed by atoms with E-state index in [1.807, 2.05) is 0 Å². The highest BCUT2D eigenvalue weighted by Crippen LogP contribution is 2.38. The summed E-state index contributed by atoms with van der Waals surface area (Å²) in [5.41, 5.74) is 3.14. The molecule has 15 heavy (non-hydrogen) atoms. The van der Waals surface area contributed by atoms with Gasteiger partial charge < -0.3 is 10.6 Å². The Labute approximate surface area is 98.6 Å². The van der Waals surface area contributed by atoms with Crippen molar-refractivity contribution in [3.63, 3.8) is 0 Å². The molecule has 0 unspecified atom stereocenters. The summed E-state index contributed by atoms with van der Waals surface area (Å²) in [6.07, 6.45) is 3.65. The Morgan fingerprint density at radius 1 is 1.20 bits per heavy atom. The van der Waals surface area contributed by atoms with Gasteiger partial charge in [0.05, 0.1) is 0 Å². The lowest BCUT2D eigenvalue weighted by Gasteiger charge is -2.34. The van der Waals surface area contributed by atoms with E-state index >= 15 is 0 Å². The molecule has 2 heterocycles. The van der Waals surface area contributed by atoms with Crippen LogP contribution in [-0.2, 0) is 6.42 Å². The third-order valence-electron chi connectivity index (χ3n) is 3.56. The van der Waals surface area contributed by atoms with E-state index in [1.54, 1.807) is 0 Å². The van der Waals surface area contributed by atoms with Gasteiger partial charge in [0, 0.05) is 15.7 Å². The van der Waals surface area contributed by atoms with Crippen LogP contribution in [-0.4, -0.2) is 18.6 Å². The number of benzene rings is 1. The van der Waals surface area contributed by atoms with Crippen molar-refractivity contribution in [2.45, 2.75) is 24.8 Å². The second-order valence-corrected chi connectivity index (χ2v) is 5.55. The van der Waals surface area contributed by atoms with E-state index in [0.29, 0.717) is 5.54 Å². The maximum atomic E-state index is 3.72. The molecule has 0 atom stereocenters. The molecule has 1 fully saturated rings. The van der Waals surface area contributed by atoms with Gasteiger partial charge in [-0.15, -0.1) is 0 Å². The van der Waals surface area contributed by atoms with Crippen molar-refractivity contribution in [2.24, 2.45) is 0 Å². The molecule has 0 amide bonds. The number of nitrogens with one attached hydrogen (secondary N) is 2. The van der Waals surface area contributed by atoms with E-state index in [1.165, 1.54) is 35.0 Å². The summed E-state index contributed by atoms with van der Waals surface area (Å²) < 4.78 is 1.19. The third kappa shape index (κ3) is 1.68. The quantitative estimate of drug-likeness (QED) is 0.754. The lowest BCUT2D eigenvalue weighted by molar-refractivity contribution is 0.348. The molecule has 1 aromatic carbocycles. The number of halogens is 1. The Bertz CT molecular complexity index is 383. The monoisotopic (exact) mass is 266 g/mol. The second kappa shape index (κ2) is 3.49. The lowest BCUT2D eigenvalue weighted by atomic mass is 9.86. The van der Waals surface area contributed by atoms with E-state index in [2.05, 4.69) is 44.8 Å². The zero-order valence-corrected chi connectivity index (χ0v) is 10.2. The molecule has 80 valence electrons. The van der Waals surface area contributed by atoms with Gasteiger partial charge in [0.1, 0.15) is 0 Å². The minimum atomic E-state index is 0.342. The molecule has 3 heteroatoms. The summed E-state index contributed by atoms with van der Waals surface area (Å²) in [5, 5.41) is 7.14. The van der Waals surface area contributed by atoms with Crippen molar-refractivity contribution < 1.29 is 0 Å². The van der Waals surface area contributed by atoms with Crippen molar-refractivity contribution in [3.05, 3.63) is 28.2 Å². The van der Waals surface area contributed by atoms with Crippen molar-refractivity contribution in [1.29, 1.82) is 0 Å². The number of hydrogen-bond donors (Lipinski definition) is 2.